The first-order chi connectivity index (χ1) is 9.76. The van der Waals surface area contributed by atoms with Gasteiger partial charge in [-0.1, -0.05) is 40.2 Å². The second-order valence-corrected chi connectivity index (χ2v) is 5.39. The van der Waals surface area contributed by atoms with Crippen molar-refractivity contribution in [3.8, 4) is 5.75 Å². The van der Waals surface area contributed by atoms with Gasteiger partial charge in [-0.2, -0.15) is 0 Å². The van der Waals surface area contributed by atoms with E-state index in [1.165, 1.54) is 0 Å². The molecule has 3 aromatic rings. The number of benzene rings is 2. The van der Waals surface area contributed by atoms with Crippen LogP contribution in [-0.2, 0) is 0 Å². The Hall–Kier alpha value is -2.00. The normalized spacial score (nSPS) is 11.3. The van der Waals surface area contributed by atoms with Gasteiger partial charge >= 0.3 is 0 Å². The SMILES string of the molecule is COc1ccc2[nH]c(C=Cc3ccccc3Br)cc2c1. The predicted molar refractivity (Wildman–Crippen MR) is 87.9 cm³/mol. The average Bonchev–Trinajstić information content (AvgIpc) is 2.88. The van der Waals surface area contributed by atoms with Gasteiger partial charge in [0.05, 0.1) is 7.11 Å². The Morgan fingerprint density at radius 1 is 1.05 bits per heavy atom. The maximum absolute atomic E-state index is 5.24. The van der Waals surface area contributed by atoms with E-state index in [2.05, 4.69) is 45.2 Å². The number of fused-ring (bicyclic) bond motifs is 1. The van der Waals surface area contributed by atoms with Crippen LogP contribution in [0.5, 0.6) is 5.75 Å². The smallest absolute Gasteiger partial charge is 0.119 e. The quantitative estimate of drug-likeness (QED) is 0.710. The van der Waals surface area contributed by atoms with E-state index < -0.39 is 0 Å². The monoisotopic (exact) mass is 327 g/mol. The number of rotatable bonds is 3. The fraction of sp³-hybridized carbons (Fsp3) is 0.0588. The number of hydrogen-bond donors (Lipinski definition) is 1. The van der Waals surface area contributed by atoms with Crippen LogP contribution in [0, 0.1) is 0 Å². The van der Waals surface area contributed by atoms with Crippen LogP contribution in [-0.4, -0.2) is 12.1 Å². The Morgan fingerprint density at radius 3 is 2.70 bits per heavy atom. The molecule has 0 saturated heterocycles. The minimum Gasteiger partial charge on any atom is -0.497 e. The molecule has 0 aliphatic carbocycles. The van der Waals surface area contributed by atoms with Gasteiger partial charge in [-0.25, -0.2) is 0 Å². The minimum absolute atomic E-state index is 0.873. The molecule has 3 rings (SSSR count). The van der Waals surface area contributed by atoms with Crippen LogP contribution in [0.15, 0.2) is 53.0 Å². The van der Waals surface area contributed by atoms with Crippen molar-refractivity contribution >= 4 is 39.0 Å². The molecule has 0 amide bonds. The van der Waals surface area contributed by atoms with Gasteiger partial charge < -0.3 is 9.72 Å². The molecule has 0 radical (unpaired) electrons. The molecule has 3 heteroatoms. The Morgan fingerprint density at radius 2 is 1.90 bits per heavy atom. The predicted octanol–water partition coefficient (Wildman–Crippen LogP) is 5.11. The summed E-state index contributed by atoms with van der Waals surface area (Å²) in [5, 5.41) is 1.15. The van der Waals surface area contributed by atoms with E-state index in [-0.39, 0.29) is 0 Å². The summed E-state index contributed by atoms with van der Waals surface area (Å²) < 4.78 is 6.33. The van der Waals surface area contributed by atoms with Crippen LogP contribution in [0.25, 0.3) is 23.1 Å². The molecule has 0 bridgehead atoms. The van der Waals surface area contributed by atoms with Gasteiger partial charge in [0.2, 0.25) is 0 Å². The van der Waals surface area contributed by atoms with E-state index in [1.807, 2.05) is 36.4 Å². The number of hydrogen-bond acceptors (Lipinski definition) is 1. The third-order valence-electron chi connectivity index (χ3n) is 3.20. The third kappa shape index (κ3) is 2.63. The van der Waals surface area contributed by atoms with Crippen LogP contribution in [0.3, 0.4) is 0 Å². The van der Waals surface area contributed by atoms with E-state index in [1.54, 1.807) is 7.11 Å². The summed E-state index contributed by atoms with van der Waals surface area (Å²) in [5.74, 6) is 0.873. The summed E-state index contributed by atoms with van der Waals surface area (Å²) >= 11 is 3.55. The van der Waals surface area contributed by atoms with Crippen LogP contribution in [0.4, 0.5) is 0 Å². The number of aromatic amines is 1. The second-order valence-electron chi connectivity index (χ2n) is 4.53. The lowest BCUT2D eigenvalue weighted by atomic mass is 10.2. The van der Waals surface area contributed by atoms with Gasteiger partial charge in [0.15, 0.2) is 0 Å². The Bertz CT molecular complexity index is 774. The van der Waals surface area contributed by atoms with Crippen molar-refractivity contribution in [2.45, 2.75) is 0 Å². The minimum atomic E-state index is 0.873. The molecule has 0 spiro atoms. The highest BCUT2D eigenvalue weighted by molar-refractivity contribution is 9.10. The maximum atomic E-state index is 5.24. The third-order valence-corrected chi connectivity index (χ3v) is 3.92. The van der Waals surface area contributed by atoms with E-state index in [4.69, 9.17) is 4.74 Å². The average molecular weight is 328 g/mol. The zero-order valence-corrected chi connectivity index (χ0v) is 12.6. The molecule has 1 aromatic heterocycles. The molecule has 1 heterocycles. The molecule has 100 valence electrons. The molecule has 0 atom stereocenters. The Kier molecular flexibility index (Phi) is 3.61. The van der Waals surface area contributed by atoms with Gasteiger partial charge in [0.25, 0.3) is 0 Å². The molecule has 1 N–H and O–H groups in total. The van der Waals surface area contributed by atoms with Crippen molar-refractivity contribution in [3.63, 3.8) is 0 Å². The summed E-state index contributed by atoms with van der Waals surface area (Å²) in [5.41, 5.74) is 3.34. The van der Waals surface area contributed by atoms with E-state index in [0.29, 0.717) is 0 Å². The standard InChI is InChI=1S/C17H14BrNO/c1-20-15-8-9-17-13(11-15)10-14(19-17)7-6-12-4-2-3-5-16(12)18/h2-11,19H,1H3. The topological polar surface area (TPSA) is 25.0 Å². The number of nitrogens with one attached hydrogen (secondary N) is 1. The number of aromatic nitrogens is 1. The van der Waals surface area contributed by atoms with Gasteiger partial charge in [-0.3, -0.25) is 0 Å². The molecule has 0 aliphatic rings. The largest absolute Gasteiger partial charge is 0.497 e. The van der Waals surface area contributed by atoms with Gasteiger partial charge in [0, 0.05) is 21.1 Å². The zero-order chi connectivity index (χ0) is 13.9. The molecule has 0 saturated carbocycles. The van der Waals surface area contributed by atoms with Gasteiger partial charge in [0.1, 0.15) is 5.75 Å². The molecule has 0 aliphatic heterocycles. The highest BCUT2D eigenvalue weighted by atomic mass is 79.9. The van der Waals surface area contributed by atoms with Crippen LogP contribution in [0.2, 0.25) is 0 Å². The maximum Gasteiger partial charge on any atom is 0.119 e. The summed E-state index contributed by atoms with van der Waals surface area (Å²) in [7, 11) is 1.68. The van der Waals surface area contributed by atoms with Crippen molar-refractivity contribution in [2.75, 3.05) is 7.11 Å². The molecule has 2 aromatic carbocycles. The molecule has 0 unspecified atom stereocenters. The van der Waals surface area contributed by atoms with Crippen LogP contribution < -0.4 is 4.74 Å². The summed E-state index contributed by atoms with van der Waals surface area (Å²) in [6.45, 7) is 0. The fourth-order valence-electron chi connectivity index (χ4n) is 2.14. The second kappa shape index (κ2) is 5.55. The van der Waals surface area contributed by atoms with E-state index in [9.17, 15) is 0 Å². The van der Waals surface area contributed by atoms with Gasteiger partial charge in [-0.15, -0.1) is 0 Å². The van der Waals surface area contributed by atoms with Crippen LogP contribution in [0.1, 0.15) is 11.3 Å². The Labute approximate surface area is 126 Å². The Balaban J connectivity index is 1.93. The fourth-order valence-corrected chi connectivity index (χ4v) is 2.56. The van der Waals surface area contributed by atoms with Crippen molar-refractivity contribution in [3.05, 3.63) is 64.3 Å². The lowest BCUT2D eigenvalue weighted by Crippen LogP contribution is -1.80. The molecular formula is C17H14BrNO. The molecular weight excluding hydrogens is 314 g/mol. The lowest BCUT2D eigenvalue weighted by molar-refractivity contribution is 0.415. The summed E-state index contributed by atoms with van der Waals surface area (Å²) in [4.78, 5) is 3.38. The van der Waals surface area contributed by atoms with Crippen molar-refractivity contribution in [2.24, 2.45) is 0 Å². The zero-order valence-electron chi connectivity index (χ0n) is 11.1. The highest BCUT2D eigenvalue weighted by Crippen LogP contribution is 2.23. The van der Waals surface area contributed by atoms with E-state index in [0.717, 1.165) is 32.4 Å². The molecule has 20 heavy (non-hydrogen) atoms. The summed E-state index contributed by atoms with van der Waals surface area (Å²) in [6, 6.07) is 16.3. The molecule has 2 nitrogen and oxygen atoms in total. The van der Waals surface area contributed by atoms with E-state index >= 15 is 0 Å². The summed E-state index contributed by atoms with van der Waals surface area (Å²) in [6.07, 6.45) is 4.17. The number of H-pyrrole nitrogens is 1. The molecule has 0 fully saturated rings. The van der Waals surface area contributed by atoms with Gasteiger partial charge in [-0.05, 0) is 42.0 Å². The van der Waals surface area contributed by atoms with Crippen LogP contribution >= 0.6 is 15.9 Å². The first kappa shape index (κ1) is 13.0. The van der Waals surface area contributed by atoms with Crippen molar-refractivity contribution in [1.82, 2.24) is 4.98 Å². The number of ether oxygens (including phenoxy) is 1. The lowest BCUT2D eigenvalue weighted by Gasteiger charge is -1.97. The van der Waals surface area contributed by atoms with Crippen molar-refractivity contribution in [1.29, 1.82) is 0 Å². The first-order valence-electron chi connectivity index (χ1n) is 6.35. The number of halogens is 1. The first-order valence-corrected chi connectivity index (χ1v) is 7.15. The van der Waals surface area contributed by atoms with Crippen molar-refractivity contribution < 1.29 is 4.74 Å². The highest BCUT2D eigenvalue weighted by Gasteiger charge is 2.00. The number of methoxy groups -OCH3 is 1.